The Bertz CT molecular complexity index is 356. The quantitative estimate of drug-likeness (QED) is 0.679. The number of hydrogen-bond acceptors (Lipinski definition) is 2. The van der Waals surface area contributed by atoms with E-state index in [1.165, 1.54) is 5.56 Å². The molecular formula is C14H22FO2P. The van der Waals surface area contributed by atoms with Crippen LogP contribution >= 0.6 is 8.69 Å². The van der Waals surface area contributed by atoms with E-state index in [1.54, 1.807) is 6.07 Å². The molecule has 0 saturated carbocycles. The summed E-state index contributed by atoms with van der Waals surface area (Å²) >= 11 is 0. The number of hydrogen-bond donors (Lipinski definition) is 1. The van der Waals surface area contributed by atoms with Gasteiger partial charge in [0.15, 0.2) is 0 Å². The van der Waals surface area contributed by atoms with Crippen molar-refractivity contribution in [3.63, 3.8) is 0 Å². The normalized spacial score (nSPS) is 12.4. The number of unbranched alkanes of at least 4 members (excludes halogenated alkanes) is 2. The standard InChI is InChI=1S/C14H22FO2P/c1-3-5-7-12-9-10-14(17-18(15)16)13(11-12)8-6-4-2/h9-11,16H,3-8H2,1-2H3. The van der Waals surface area contributed by atoms with Crippen LogP contribution in [-0.4, -0.2) is 4.89 Å². The molecule has 0 amide bonds. The molecule has 18 heavy (non-hydrogen) atoms. The smallest absolute Gasteiger partial charge is 0.424 e. The Hall–Kier alpha value is -0.660. The van der Waals surface area contributed by atoms with Gasteiger partial charge < -0.3 is 9.42 Å². The lowest BCUT2D eigenvalue weighted by molar-refractivity contribution is 0.430. The average Bonchev–Trinajstić information content (AvgIpc) is 2.35. The van der Waals surface area contributed by atoms with Crippen LogP contribution in [0.1, 0.15) is 50.7 Å². The molecule has 4 heteroatoms. The van der Waals surface area contributed by atoms with E-state index in [2.05, 4.69) is 19.9 Å². The summed E-state index contributed by atoms with van der Waals surface area (Å²) in [7, 11) is -2.83. The molecule has 0 radical (unpaired) electrons. The van der Waals surface area contributed by atoms with E-state index >= 15 is 0 Å². The fourth-order valence-electron chi connectivity index (χ4n) is 1.90. The monoisotopic (exact) mass is 272 g/mol. The maximum Gasteiger partial charge on any atom is 0.436 e. The van der Waals surface area contributed by atoms with Crippen LogP contribution in [-0.2, 0) is 12.8 Å². The molecule has 1 N–H and O–H groups in total. The van der Waals surface area contributed by atoms with Crippen molar-refractivity contribution in [1.29, 1.82) is 0 Å². The molecule has 0 aromatic heterocycles. The topological polar surface area (TPSA) is 29.5 Å². The molecule has 0 aliphatic carbocycles. The van der Waals surface area contributed by atoms with Crippen LogP contribution in [0.4, 0.5) is 4.20 Å². The number of aryl methyl sites for hydroxylation is 2. The first-order chi connectivity index (χ1) is 8.67. The van der Waals surface area contributed by atoms with Crippen molar-refractivity contribution in [1.82, 2.24) is 0 Å². The van der Waals surface area contributed by atoms with E-state index in [9.17, 15) is 4.20 Å². The summed E-state index contributed by atoms with van der Waals surface area (Å²) in [5.41, 5.74) is 2.26. The first-order valence-corrected chi connectivity index (χ1v) is 7.72. The van der Waals surface area contributed by atoms with E-state index in [-0.39, 0.29) is 0 Å². The van der Waals surface area contributed by atoms with Crippen molar-refractivity contribution in [2.75, 3.05) is 0 Å². The van der Waals surface area contributed by atoms with Gasteiger partial charge in [-0.15, -0.1) is 4.20 Å². The van der Waals surface area contributed by atoms with Crippen molar-refractivity contribution < 1.29 is 13.6 Å². The zero-order valence-corrected chi connectivity index (χ0v) is 12.0. The van der Waals surface area contributed by atoms with E-state index in [0.717, 1.165) is 44.1 Å². The Kier molecular flexibility index (Phi) is 7.22. The van der Waals surface area contributed by atoms with Crippen LogP contribution in [0.2, 0.25) is 0 Å². The molecule has 0 saturated heterocycles. The molecule has 0 aliphatic rings. The van der Waals surface area contributed by atoms with E-state index in [4.69, 9.17) is 9.42 Å². The number of halogens is 1. The summed E-state index contributed by atoms with van der Waals surface area (Å²) in [4.78, 5) is 8.74. The second-order valence-corrected chi connectivity index (χ2v) is 5.10. The predicted molar refractivity (Wildman–Crippen MR) is 74.5 cm³/mol. The zero-order valence-electron chi connectivity index (χ0n) is 11.2. The zero-order chi connectivity index (χ0) is 13.4. The molecule has 0 aliphatic heterocycles. The van der Waals surface area contributed by atoms with Gasteiger partial charge in [0, 0.05) is 0 Å². The second kappa shape index (κ2) is 8.44. The molecule has 1 unspecified atom stereocenters. The van der Waals surface area contributed by atoms with Crippen molar-refractivity contribution in [2.45, 2.75) is 52.4 Å². The summed E-state index contributed by atoms with van der Waals surface area (Å²) in [6.45, 7) is 4.28. The van der Waals surface area contributed by atoms with Gasteiger partial charge in [0.1, 0.15) is 5.75 Å². The minimum Gasteiger partial charge on any atom is -0.424 e. The Morgan fingerprint density at radius 2 is 1.83 bits per heavy atom. The van der Waals surface area contributed by atoms with Crippen molar-refractivity contribution in [3.05, 3.63) is 29.3 Å². The second-order valence-electron chi connectivity index (χ2n) is 4.47. The third kappa shape index (κ3) is 5.32. The van der Waals surface area contributed by atoms with Gasteiger partial charge >= 0.3 is 8.69 Å². The van der Waals surface area contributed by atoms with Crippen LogP contribution in [0.15, 0.2) is 18.2 Å². The van der Waals surface area contributed by atoms with Crippen LogP contribution in [0.3, 0.4) is 0 Å². The summed E-state index contributed by atoms with van der Waals surface area (Å²) in [6, 6.07) is 5.82. The van der Waals surface area contributed by atoms with Gasteiger partial charge in [0.2, 0.25) is 0 Å². The van der Waals surface area contributed by atoms with Gasteiger partial charge in [0.05, 0.1) is 0 Å². The number of benzene rings is 1. The Balaban J connectivity index is 2.81. The molecule has 1 aromatic rings. The van der Waals surface area contributed by atoms with E-state index in [1.807, 2.05) is 6.07 Å². The molecule has 2 nitrogen and oxygen atoms in total. The summed E-state index contributed by atoms with van der Waals surface area (Å²) in [5.74, 6) is 0.486. The highest BCUT2D eigenvalue weighted by molar-refractivity contribution is 7.40. The van der Waals surface area contributed by atoms with Crippen molar-refractivity contribution >= 4 is 8.69 Å². The molecule has 102 valence electrons. The molecule has 1 atom stereocenters. The lowest BCUT2D eigenvalue weighted by atomic mass is 10.0. The van der Waals surface area contributed by atoms with Gasteiger partial charge in [-0.3, -0.25) is 0 Å². The molecule has 1 rings (SSSR count). The van der Waals surface area contributed by atoms with Crippen LogP contribution < -0.4 is 4.52 Å². The minimum atomic E-state index is -2.83. The molecule has 0 fully saturated rings. The Morgan fingerprint density at radius 3 is 2.44 bits per heavy atom. The molecular weight excluding hydrogens is 250 g/mol. The molecule has 1 aromatic carbocycles. The van der Waals surface area contributed by atoms with E-state index in [0.29, 0.717) is 5.75 Å². The van der Waals surface area contributed by atoms with Crippen LogP contribution in [0, 0.1) is 0 Å². The summed E-state index contributed by atoms with van der Waals surface area (Å²) < 4.78 is 17.4. The molecule has 0 spiro atoms. The molecule has 0 bridgehead atoms. The lowest BCUT2D eigenvalue weighted by Gasteiger charge is -2.12. The van der Waals surface area contributed by atoms with Crippen LogP contribution in [0.25, 0.3) is 0 Å². The Morgan fingerprint density at radius 1 is 1.17 bits per heavy atom. The SMILES string of the molecule is CCCCc1ccc(OP(O)F)c(CCCC)c1. The average molecular weight is 272 g/mol. The third-order valence-electron chi connectivity index (χ3n) is 2.92. The van der Waals surface area contributed by atoms with E-state index < -0.39 is 8.69 Å². The first kappa shape index (κ1) is 15.4. The highest BCUT2D eigenvalue weighted by atomic mass is 31.2. The Labute approximate surface area is 110 Å². The molecule has 0 heterocycles. The summed E-state index contributed by atoms with van der Waals surface area (Å²) in [6.07, 6.45) is 6.36. The fourth-order valence-corrected chi connectivity index (χ4v) is 2.24. The first-order valence-electron chi connectivity index (χ1n) is 6.62. The lowest BCUT2D eigenvalue weighted by Crippen LogP contribution is -1.95. The predicted octanol–water partition coefficient (Wildman–Crippen LogP) is 4.94. The van der Waals surface area contributed by atoms with Gasteiger partial charge in [-0.1, -0.05) is 38.8 Å². The van der Waals surface area contributed by atoms with Gasteiger partial charge in [-0.05, 0) is 42.9 Å². The van der Waals surface area contributed by atoms with Gasteiger partial charge in [-0.25, -0.2) is 0 Å². The van der Waals surface area contributed by atoms with Gasteiger partial charge in [-0.2, -0.15) is 0 Å². The fraction of sp³-hybridized carbons (Fsp3) is 0.571. The van der Waals surface area contributed by atoms with Crippen LogP contribution in [0.5, 0.6) is 5.75 Å². The van der Waals surface area contributed by atoms with Crippen molar-refractivity contribution in [3.8, 4) is 5.75 Å². The summed E-state index contributed by atoms with van der Waals surface area (Å²) in [5, 5.41) is 0. The highest BCUT2D eigenvalue weighted by Gasteiger charge is 2.10. The maximum absolute atomic E-state index is 12.6. The highest BCUT2D eigenvalue weighted by Crippen LogP contribution is 2.37. The number of rotatable bonds is 8. The maximum atomic E-state index is 12.6. The largest absolute Gasteiger partial charge is 0.436 e. The van der Waals surface area contributed by atoms with Crippen molar-refractivity contribution in [2.24, 2.45) is 0 Å². The minimum absolute atomic E-state index is 0.486. The van der Waals surface area contributed by atoms with Gasteiger partial charge in [0.25, 0.3) is 0 Å². The third-order valence-corrected chi connectivity index (χ3v) is 3.26.